The van der Waals surface area contributed by atoms with Crippen LogP contribution in [0.5, 0.6) is 0 Å². The van der Waals surface area contributed by atoms with Crippen molar-refractivity contribution >= 4 is 11.9 Å². The van der Waals surface area contributed by atoms with Gasteiger partial charge in [-0.3, -0.25) is 0 Å². The van der Waals surface area contributed by atoms with Gasteiger partial charge < -0.3 is 41.5 Å². The van der Waals surface area contributed by atoms with Crippen LogP contribution in [0.1, 0.15) is 0 Å². The van der Waals surface area contributed by atoms with Crippen LogP contribution >= 0.6 is 0 Å². The molecule has 6 N–H and O–H groups in total. The van der Waals surface area contributed by atoms with Crippen LogP contribution in [0.3, 0.4) is 0 Å². The third kappa shape index (κ3) is 13.3. The molecule has 0 aliphatic rings. The normalized spacial score (nSPS) is 12.5. The first kappa shape index (κ1) is 19.8. The van der Waals surface area contributed by atoms with E-state index >= 15 is 0 Å². The average molecular weight is 264 g/mol. The number of carboxylic acid groups (broad SMARTS) is 2. The molecule has 0 saturated heterocycles. The fourth-order valence-electron chi connectivity index (χ4n) is 0.149. The Balaban J connectivity index is -0.000000180. The van der Waals surface area contributed by atoms with Crippen LogP contribution < -0.4 is 21.7 Å². The second-order valence-electron chi connectivity index (χ2n) is 2.22. The van der Waals surface area contributed by atoms with Crippen LogP contribution in [0.2, 0.25) is 0 Å². The molecular weight excluding hydrogens is 252 g/mol. The van der Waals surface area contributed by atoms with Gasteiger partial charge in [0.1, 0.15) is 0 Å². The van der Waals surface area contributed by atoms with Crippen molar-refractivity contribution in [1.82, 2.24) is 0 Å². The molecule has 0 saturated carbocycles. The molecule has 0 bridgehead atoms. The van der Waals surface area contributed by atoms with E-state index < -0.39 is 37.2 Å². The molecule has 0 amide bonds. The van der Waals surface area contributed by atoms with Crippen LogP contribution in [0.4, 0.5) is 0 Å². The maximum atomic E-state index is 9.53. The fraction of sp³-hybridized carbons (Fsp3) is 0.667. The van der Waals surface area contributed by atoms with Crippen molar-refractivity contribution in [3.05, 3.63) is 0 Å². The molecule has 0 aromatic rings. The monoisotopic (exact) mass is 264 g/mol. The Labute approximate surface area is 96.3 Å². The van der Waals surface area contributed by atoms with Crippen molar-refractivity contribution in [3.8, 4) is 0 Å². The zero-order valence-electron chi connectivity index (χ0n) is 7.60. The number of aliphatic carboxylic acids is 2. The number of aliphatic hydroxyl groups excluding tert-OH is 2. The predicted octanol–water partition coefficient (Wildman–Crippen LogP) is -5.89. The molecule has 0 rings (SSSR count). The van der Waals surface area contributed by atoms with Crippen LogP contribution in [0, 0.1) is 0 Å². The zero-order chi connectivity index (χ0) is 11.7. The summed E-state index contributed by atoms with van der Waals surface area (Å²) in [5.74, 6) is -2.86. The summed E-state index contributed by atoms with van der Waals surface area (Å²) in [7, 11) is 0. The SMILES string of the molecule is NC(CO)C(=O)[O-].NC(CO)C(=O)[O-].[Fe+2]. The zero-order valence-corrected chi connectivity index (χ0v) is 8.71. The Morgan fingerprint density at radius 2 is 1.20 bits per heavy atom. The summed E-state index contributed by atoms with van der Waals surface area (Å²) in [6, 6.07) is -2.47. The predicted molar refractivity (Wildman–Crippen MR) is 40.1 cm³/mol. The Morgan fingerprint density at radius 3 is 1.20 bits per heavy atom. The summed E-state index contributed by atoms with van der Waals surface area (Å²) in [6.45, 7) is -1.13. The average Bonchev–Trinajstić information content (AvgIpc) is 2.15. The van der Waals surface area contributed by atoms with Crippen molar-refractivity contribution in [2.45, 2.75) is 12.1 Å². The molecule has 90 valence electrons. The van der Waals surface area contributed by atoms with Crippen LogP contribution in [-0.2, 0) is 26.7 Å². The van der Waals surface area contributed by atoms with E-state index in [4.69, 9.17) is 21.7 Å². The van der Waals surface area contributed by atoms with Crippen molar-refractivity contribution in [3.63, 3.8) is 0 Å². The summed E-state index contributed by atoms with van der Waals surface area (Å²) in [5.41, 5.74) is 9.41. The second kappa shape index (κ2) is 11.4. The number of aliphatic hydroxyl groups is 2. The van der Waals surface area contributed by atoms with Gasteiger partial charge in [-0.2, -0.15) is 0 Å². The summed E-state index contributed by atoms with van der Waals surface area (Å²) in [5, 5.41) is 35.0. The third-order valence-electron chi connectivity index (χ3n) is 0.999. The van der Waals surface area contributed by atoms with Gasteiger partial charge in [-0.05, 0) is 0 Å². The number of hydrogen-bond acceptors (Lipinski definition) is 8. The van der Waals surface area contributed by atoms with Crippen molar-refractivity contribution in [2.75, 3.05) is 13.2 Å². The maximum absolute atomic E-state index is 9.53. The van der Waals surface area contributed by atoms with Gasteiger partial charge in [-0.15, -0.1) is 0 Å². The molecule has 0 radical (unpaired) electrons. The van der Waals surface area contributed by atoms with Gasteiger partial charge in [0.15, 0.2) is 0 Å². The summed E-state index contributed by atoms with van der Waals surface area (Å²) in [6.07, 6.45) is 0. The van der Waals surface area contributed by atoms with Gasteiger partial charge in [-0.1, -0.05) is 0 Å². The Morgan fingerprint density at radius 1 is 1.00 bits per heavy atom. The summed E-state index contributed by atoms with van der Waals surface area (Å²) >= 11 is 0. The largest absolute Gasteiger partial charge is 2.00 e. The van der Waals surface area contributed by atoms with E-state index in [-0.39, 0.29) is 17.1 Å². The summed E-state index contributed by atoms with van der Waals surface area (Å²) < 4.78 is 0. The van der Waals surface area contributed by atoms with Crippen molar-refractivity contribution in [2.24, 2.45) is 11.5 Å². The number of nitrogens with two attached hydrogens (primary N) is 2. The molecule has 0 aromatic carbocycles. The number of hydrogen-bond donors (Lipinski definition) is 4. The topological polar surface area (TPSA) is 173 Å². The van der Waals surface area contributed by atoms with E-state index in [1.807, 2.05) is 0 Å². The Bertz CT molecular complexity index is 170. The van der Waals surface area contributed by atoms with E-state index in [9.17, 15) is 19.8 Å². The number of carboxylic acids is 2. The first-order valence-corrected chi connectivity index (χ1v) is 3.51. The van der Waals surface area contributed by atoms with E-state index in [2.05, 4.69) is 0 Å². The molecule has 15 heavy (non-hydrogen) atoms. The molecular formula is C6H12FeN2O6. The van der Waals surface area contributed by atoms with Crippen LogP contribution in [-0.4, -0.2) is 47.4 Å². The van der Waals surface area contributed by atoms with Crippen molar-refractivity contribution < 1.29 is 47.1 Å². The molecule has 0 aliphatic heterocycles. The standard InChI is InChI=1S/2C3H7NO3.Fe/c2*4-2(1-5)3(6)7;/h2*2,5H,1,4H2,(H,6,7);/q;;+2/p-2. The first-order valence-electron chi connectivity index (χ1n) is 3.51. The quantitative estimate of drug-likeness (QED) is 0.363. The van der Waals surface area contributed by atoms with E-state index in [0.717, 1.165) is 0 Å². The van der Waals surface area contributed by atoms with Gasteiger partial charge >= 0.3 is 17.1 Å². The molecule has 9 heteroatoms. The van der Waals surface area contributed by atoms with Crippen LogP contribution in [0.25, 0.3) is 0 Å². The molecule has 0 heterocycles. The minimum absolute atomic E-state index is 0. The maximum Gasteiger partial charge on any atom is 2.00 e. The minimum Gasteiger partial charge on any atom is -0.548 e. The third-order valence-corrected chi connectivity index (χ3v) is 0.999. The minimum atomic E-state index is -1.43. The van der Waals surface area contributed by atoms with Gasteiger partial charge in [0.05, 0.1) is 37.2 Å². The van der Waals surface area contributed by atoms with E-state index in [0.29, 0.717) is 0 Å². The molecule has 0 spiro atoms. The molecule has 8 nitrogen and oxygen atoms in total. The van der Waals surface area contributed by atoms with Gasteiger partial charge in [0.25, 0.3) is 0 Å². The molecule has 2 unspecified atom stereocenters. The Kier molecular flexibility index (Phi) is 15.0. The number of carbonyl (C=O) groups excluding carboxylic acids is 2. The summed E-state index contributed by atoms with van der Waals surface area (Å²) in [4.78, 5) is 19.1. The number of rotatable bonds is 4. The first-order chi connectivity index (χ1) is 6.36. The van der Waals surface area contributed by atoms with Crippen molar-refractivity contribution in [1.29, 1.82) is 0 Å². The number of carbonyl (C=O) groups is 2. The van der Waals surface area contributed by atoms with Gasteiger partial charge in [-0.25, -0.2) is 0 Å². The smallest absolute Gasteiger partial charge is 0.548 e. The molecule has 0 aromatic heterocycles. The van der Waals surface area contributed by atoms with Gasteiger partial charge in [0.2, 0.25) is 0 Å². The fourth-order valence-corrected chi connectivity index (χ4v) is 0.149. The van der Waals surface area contributed by atoms with Gasteiger partial charge in [0, 0.05) is 0 Å². The van der Waals surface area contributed by atoms with E-state index in [1.54, 1.807) is 0 Å². The van der Waals surface area contributed by atoms with Crippen LogP contribution in [0.15, 0.2) is 0 Å². The molecule has 2 atom stereocenters. The Hall–Kier alpha value is -0.701. The van der Waals surface area contributed by atoms with E-state index in [1.165, 1.54) is 0 Å². The molecule has 0 fully saturated rings. The molecule has 0 aliphatic carbocycles. The second-order valence-corrected chi connectivity index (χ2v) is 2.22.